The molecule has 25 heavy (non-hydrogen) atoms. The quantitative estimate of drug-likeness (QED) is 0.795. The van der Waals surface area contributed by atoms with Crippen LogP contribution in [0.15, 0.2) is 24.3 Å². The lowest BCUT2D eigenvalue weighted by Crippen LogP contribution is -2.51. The van der Waals surface area contributed by atoms with Gasteiger partial charge in [-0.3, -0.25) is 4.90 Å². The summed E-state index contributed by atoms with van der Waals surface area (Å²) in [6.07, 6.45) is 7.51. The third kappa shape index (κ3) is 3.60. The standard InChI is InChI=1S/C21H28N2O2/c1-24-21-9-8-19(25-15-18-6-7-18)12-20(21)23(11-10-21)14-17-4-2-16(13-22)3-5-17/h2-5,18-20H,6-12,14-15H2,1H3/t19-,20-,21+/m0/s1. The van der Waals surface area contributed by atoms with Crippen LogP contribution in [0.1, 0.15) is 49.7 Å². The first-order valence-corrected chi connectivity index (χ1v) is 9.62. The summed E-state index contributed by atoms with van der Waals surface area (Å²) in [6.45, 7) is 2.96. The van der Waals surface area contributed by atoms with Gasteiger partial charge < -0.3 is 9.47 Å². The molecule has 1 saturated heterocycles. The third-order valence-corrected chi connectivity index (χ3v) is 6.39. The zero-order chi connectivity index (χ0) is 17.3. The average Bonchev–Trinajstić information content (AvgIpc) is 3.43. The van der Waals surface area contributed by atoms with E-state index in [2.05, 4.69) is 23.1 Å². The number of hydrogen-bond donors (Lipinski definition) is 0. The van der Waals surface area contributed by atoms with Crippen LogP contribution in [0.2, 0.25) is 0 Å². The molecule has 0 radical (unpaired) electrons. The third-order valence-electron chi connectivity index (χ3n) is 6.39. The van der Waals surface area contributed by atoms with Gasteiger partial charge in [-0.15, -0.1) is 0 Å². The van der Waals surface area contributed by atoms with Crippen LogP contribution in [-0.4, -0.2) is 42.9 Å². The monoisotopic (exact) mass is 340 g/mol. The summed E-state index contributed by atoms with van der Waals surface area (Å²) in [5, 5.41) is 8.97. The predicted molar refractivity (Wildman–Crippen MR) is 96.0 cm³/mol. The number of methoxy groups -OCH3 is 1. The number of ether oxygens (including phenoxy) is 2. The lowest BCUT2D eigenvalue weighted by atomic mass is 9.79. The van der Waals surface area contributed by atoms with Gasteiger partial charge in [-0.2, -0.15) is 5.26 Å². The Morgan fingerprint density at radius 1 is 1.20 bits per heavy atom. The van der Waals surface area contributed by atoms with Crippen molar-refractivity contribution in [1.29, 1.82) is 5.26 Å². The van der Waals surface area contributed by atoms with Crippen molar-refractivity contribution >= 4 is 0 Å². The van der Waals surface area contributed by atoms with Gasteiger partial charge in [0.25, 0.3) is 0 Å². The largest absolute Gasteiger partial charge is 0.378 e. The van der Waals surface area contributed by atoms with E-state index in [4.69, 9.17) is 14.7 Å². The van der Waals surface area contributed by atoms with Gasteiger partial charge in [-0.25, -0.2) is 0 Å². The number of hydrogen-bond acceptors (Lipinski definition) is 4. The molecule has 3 fully saturated rings. The van der Waals surface area contributed by atoms with E-state index in [1.54, 1.807) is 0 Å². The zero-order valence-corrected chi connectivity index (χ0v) is 15.1. The highest BCUT2D eigenvalue weighted by Crippen LogP contribution is 2.44. The van der Waals surface area contributed by atoms with E-state index < -0.39 is 0 Å². The van der Waals surface area contributed by atoms with Gasteiger partial charge in [0.2, 0.25) is 0 Å². The highest BCUT2D eigenvalue weighted by Gasteiger charge is 2.51. The minimum absolute atomic E-state index is 0.00599. The van der Waals surface area contributed by atoms with Crippen molar-refractivity contribution in [2.24, 2.45) is 5.92 Å². The summed E-state index contributed by atoms with van der Waals surface area (Å²) in [5.74, 6) is 0.826. The summed E-state index contributed by atoms with van der Waals surface area (Å²) in [5.41, 5.74) is 2.00. The molecular weight excluding hydrogens is 312 g/mol. The summed E-state index contributed by atoms with van der Waals surface area (Å²) in [6, 6.07) is 10.6. The Morgan fingerprint density at radius 2 is 2.00 bits per heavy atom. The molecule has 1 aliphatic heterocycles. The summed E-state index contributed by atoms with van der Waals surface area (Å²) >= 11 is 0. The Balaban J connectivity index is 1.43. The van der Waals surface area contributed by atoms with Crippen molar-refractivity contribution in [1.82, 2.24) is 4.90 Å². The van der Waals surface area contributed by atoms with E-state index in [-0.39, 0.29) is 5.60 Å². The molecule has 0 bridgehead atoms. The van der Waals surface area contributed by atoms with E-state index in [9.17, 15) is 0 Å². The maximum Gasteiger partial charge on any atom is 0.0991 e. The molecule has 4 nitrogen and oxygen atoms in total. The molecule has 0 spiro atoms. The van der Waals surface area contributed by atoms with Gasteiger partial charge in [0.15, 0.2) is 0 Å². The SMILES string of the molecule is CO[C@@]12CC[C@H](OCC3CC3)C[C@@H]1N(Cc1ccc(C#N)cc1)CC2. The van der Waals surface area contributed by atoms with Crippen LogP contribution in [0.3, 0.4) is 0 Å². The second-order valence-corrected chi connectivity index (χ2v) is 7.99. The van der Waals surface area contributed by atoms with E-state index in [1.165, 1.54) is 18.4 Å². The number of nitriles is 1. The number of benzene rings is 1. The minimum Gasteiger partial charge on any atom is -0.378 e. The topological polar surface area (TPSA) is 45.5 Å². The highest BCUT2D eigenvalue weighted by atomic mass is 16.5. The molecule has 1 heterocycles. The molecule has 3 aliphatic rings. The molecule has 0 unspecified atom stereocenters. The lowest BCUT2D eigenvalue weighted by Gasteiger charge is -2.43. The molecule has 1 aromatic carbocycles. The smallest absolute Gasteiger partial charge is 0.0991 e. The fourth-order valence-corrected chi connectivity index (χ4v) is 4.57. The maximum absolute atomic E-state index is 8.97. The van der Waals surface area contributed by atoms with E-state index in [0.717, 1.165) is 56.9 Å². The first-order chi connectivity index (χ1) is 12.2. The van der Waals surface area contributed by atoms with Crippen LogP contribution in [0, 0.1) is 17.2 Å². The van der Waals surface area contributed by atoms with Gasteiger partial charge in [-0.05, 0) is 62.1 Å². The summed E-state index contributed by atoms with van der Waals surface area (Å²) in [7, 11) is 1.88. The summed E-state index contributed by atoms with van der Waals surface area (Å²) in [4.78, 5) is 2.57. The Labute approximate surface area is 150 Å². The van der Waals surface area contributed by atoms with Gasteiger partial charge in [0.05, 0.1) is 23.3 Å². The van der Waals surface area contributed by atoms with E-state index in [1.807, 2.05) is 19.2 Å². The van der Waals surface area contributed by atoms with Crippen molar-refractivity contribution in [3.63, 3.8) is 0 Å². The Hall–Kier alpha value is -1.41. The Kier molecular flexibility index (Phi) is 4.82. The molecule has 0 amide bonds. The fraction of sp³-hybridized carbons (Fsp3) is 0.667. The highest BCUT2D eigenvalue weighted by molar-refractivity contribution is 5.31. The molecule has 4 rings (SSSR count). The second-order valence-electron chi connectivity index (χ2n) is 7.99. The van der Waals surface area contributed by atoms with Crippen LogP contribution in [0.4, 0.5) is 0 Å². The van der Waals surface area contributed by atoms with E-state index in [0.29, 0.717) is 12.1 Å². The van der Waals surface area contributed by atoms with Crippen molar-refractivity contribution in [2.75, 3.05) is 20.3 Å². The van der Waals surface area contributed by atoms with Crippen molar-refractivity contribution in [3.8, 4) is 6.07 Å². The van der Waals surface area contributed by atoms with Crippen LogP contribution in [0.5, 0.6) is 0 Å². The fourth-order valence-electron chi connectivity index (χ4n) is 4.57. The summed E-state index contributed by atoms with van der Waals surface area (Å²) < 4.78 is 12.3. The van der Waals surface area contributed by atoms with E-state index >= 15 is 0 Å². The molecule has 3 atom stereocenters. The lowest BCUT2D eigenvalue weighted by molar-refractivity contribution is -0.103. The van der Waals surface area contributed by atoms with Gasteiger partial charge >= 0.3 is 0 Å². The number of likely N-dealkylation sites (tertiary alicyclic amines) is 1. The van der Waals surface area contributed by atoms with Crippen molar-refractivity contribution < 1.29 is 9.47 Å². The van der Waals surface area contributed by atoms with Crippen LogP contribution < -0.4 is 0 Å². The maximum atomic E-state index is 8.97. The Bertz CT molecular complexity index is 634. The van der Waals surface area contributed by atoms with Gasteiger partial charge in [0, 0.05) is 32.8 Å². The molecule has 0 aromatic heterocycles. The number of fused-ring (bicyclic) bond motifs is 1. The molecule has 2 saturated carbocycles. The average molecular weight is 340 g/mol. The van der Waals surface area contributed by atoms with Crippen molar-refractivity contribution in [3.05, 3.63) is 35.4 Å². The van der Waals surface area contributed by atoms with Gasteiger partial charge in [-0.1, -0.05) is 12.1 Å². The molecule has 1 aromatic rings. The van der Waals surface area contributed by atoms with Crippen LogP contribution >= 0.6 is 0 Å². The zero-order valence-electron chi connectivity index (χ0n) is 15.1. The second kappa shape index (κ2) is 7.07. The number of nitrogens with zero attached hydrogens (tertiary/aromatic N) is 2. The molecule has 0 N–H and O–H groups in total. The number of rotatable bonds is 6. The van der Waals surface area contributed by atoms with Crippen molar-refractivity contribution in [2.45, 2.75) is 62.8 Å². The minimum atomic E-state index is 0.00599. The molecule has 4 heteroatoms. The van der Waals surface area contributed by atoms with Crippen LogP contribution in [0.25, 0.3) is 0 Å². The molecule has 134 valence electrons. The first-order valence-electron chi connectivity index (χ1n) is 9.62. The molecule has 2 aliphatic carbocycles. The normalized spacial score (nSPS) is 32.3. The van der Waals surface area contributed by atoms with Crippen LogP contribution in [-0.2, 0) is 16.0 Å². The first kappa shape index (κ1) is 17.0. The predicted octanol–water partition coefficient (Wildman–Crippen LogP) is 3.50. The van der Waals surface area contributed by atoms with Gasteiger partial charge in [0.1, 0.15) is 0 Å². The molecular formula is C21H28N2O2. The Morgan fingerprint density at radius 3 is 2.68 bits per heavy atom.